The molecule has 0 aromatic carbocycles. The molecule has 0 aliphatic heterocycles. The first-order chi connectivity index (χ1) is 11.0. The molecule has 2 atom stereocenters. The van der Waals surface area contributed by atoms with Crippen LogP contribution in [-0.4, -0.2) is 24.5 Å². The Hall–Kier alpha value is -0.650. The molecule has 1 saturated carbocycles. The van der Waals surface area contributed by atoms with Crippen molar-refractivity contribution < 1.29 is 4.79 Å². The van der Waals surface area contributed by atoms with Gasteiger partial charge in [0.2, 0.25) is 5.91 Å². The first-order valence-corrected chi connectivity index (χ1v) is 9.54. The fourth-order valence-electron chi connectivity index (χ4n) is 3.90. The van der Waals surface area contributed by atoms with E-state index in [0.29, 0.717) is 0 Å². The third-order valence-corrected chi connectivity index (χ3v) is 5.57. The number of carbonyl (C=O) groups is 1. The van der Waals surface area contributed by atoms with Crippen molar-refractivity contribution in [1.82, 2.24) is 0 Å². The quantitative estimate of drug-likeness (QED) is 0.410. The molecule has 1 amide bonds. The average molecular weight is 327 g/mol. The number of unbranched alkanes of at least 4 members (excludes halogenated alkanes) is 3. The van der Waals surface area contributed by atoms with E-state index in [4.69, 9.17) is 22.9 Å². The zero-order valence-electron chi connectivity index (χ0n) is 14.8. The van der Waals surface area contributed by atoms with Crippen LogP contribution in [0.4, 0.5) is 0 Å². The molecule has 5 heteroatoms. The van der Waals surface area contributed by atoms with E-state index in [2.05, 4.69) is 0 Å². The van der Waals surface area contributed by atoms with Crippen LogP contribution in [0, 0.1) is 5.41 Å². The smallest absolute Gasteiger partial charge is 0.225 e. The van der Waals surface area contributed by atoms with Crippen LogP contribution in [0.25, 0.3) is 0 Å². The van der Waals surface area contributed by atoms with Gasteiger partial charge in [0.25, 0.3) is 0 Å². The van der Waals surface area contributed by atoms with Crippen molar-refractivity contribution >= 4 is 5.91 Å². The molecule has 0 aromatic rings. The van der Waals surface area contributed by atoms with Gasteiger partial charge < -0.3 is 22.9 Å². The normalized spacial score (nSPS) is 20.1. The van der Waals surface area contributed by atoms with Gasteiger partial charge in [0.15, 0.2) is 0 Å². The van der Waals surface area contributed by atoms with Crippen LogP contribution in [-0.2, 0) is 4.79 Å². The summed E-state index contributed by atoms with van der Waals surface area (Å²) in [6.45, 7) is 0.773. The molecular formula is C18H38N4O. The van der Waals surface area contributed by atoms with Gasteiger partial charge in [-0.05, 0) is 45.1 Å². The van der Waals surface area contributed by atoms with Crippen LogP contribution >= 0.6 is 0 Å². The molecule has 0 spiro atoms. The first-order valence-electron chi connectivity index (χ1n) is 9.54. The van der Waals surface area contributed by atoms with Crippen LogP contribution < -0.4 is 22.9 Å². The molecule has 23 heavy (non-hydrogen) atoms. The molecule has 136 valence electrons. The van der Waals surface area contributed by atoms with Gasteiger partial charge >= 0.3 is 0 Å². The highest BCUT2D eigenvalue weighted by atomic mass is 16.1. The minimum Gasteiger partial charge on any atom is -0.369 e. The van der Waals surface area contributed by atoms with Crippen LogP contribution in [0.5, 0.6) is 0 Å². The summed E-state index contributed by atoms with van der Waals surface area (Å²) >= 11 is 0. The molecule has 8 N–H and O–H groups in total. The lowest BCUT2D eigenvalue weighted by molar-refractivity contribution is -0.131. The van der Waals surface area contributed by atoms with Crippen LogP contribution in [0.2, 0.25) is 0 Å². The van der Waals surface area contributed by atoms with E-state index in [-0.39, 0.29) is 18.0 Å². The zero-order chi connectivity index (χ0) is 17.1. The number of primary amides is 1. The Bertz CT molecular complexity index is 329. The summed E-state index contributed by atoms with van der Waals surface area (Å²) in [5.74, 6) is -0.193. The summed E-state index contributed by atoms with van der Waals surface area (Å²) in [5.41, 5.74) is 23.2. The number of carbonyl (C=O) groups excluding carboxylic acids is 1. The van der Waals surface area contributed by atoms with Crippen molar-refractivity contribution in [3.63, 3.8) is 0 Å². The molecule has 5 nitrogen and oxygen atoms in total. The fourth-order valence-corrected chi connectivity index (χ4v) is 3.90. The summed E-state index contributed by atoms with van der Waals surface area (Å²) in [4.78, 5) is 11.9. The predicted molar refractivity (Wildman–Crippen MR) is 96.7 cm³/mol. The van der Waals surface area contributed by atoms with Gasteiger partial charge in [0.05, 0.1) is 5.41 Å². The zero-order valence-corrected chi connectivity index (χ0v) is 14.8. The van der Waals surface area contributed by atoms with E-state index >= 15 is 0 Å². The maximum Gasteiger partial charge on any atom is 0.225 e. The van der Waals surface area contributed by atoms with Gasteiger partial charge in [-0.15, -0.1) is 0 Å². The fraction of sp³-hybridized carbons (Fsp3) is 0.944. The lowest BCUT2D eigenvalue weighted by Gasteiger charge is -2.39. The SMILES string of the molecule is NCCCCCC(N)CCCCC(N)C1(C(N)=O)CCCCC1. The molecule has 0 saturated heterocycles. The Labute approximate surface area is 141 Å². The number of hydrogen-bond donors (Lipinski definition) is 4. The Balaban J connectivity index is 2.22. The Kier molecular flexibility index (Phi) is 9.75. The van der Waals surface area contributed by atoms with E-state index in [0.717, 1.165) is 70.8 Å². The van der Waals surface area contributed by atoms with Crippen molar-refractivity contribution in [3.05, 3.63) is 0 Å². The van der Waals surface area contributed by atoms with E-state index < -0.39 is 5.41 Å². The molecule has 1 fully saturated rings. The minimum absolute atomic E-state index is 0.0962. The Morgan fingerprint density at radius 1 is 0.870 bits per heavy atom. The third-order valence-electron chi connectivity index (χ3n) is 5.57. The van der Waals surface area contributed by atoms with Gasteiger partial charge in [-0.1, -0.05) is 44.9 Å². The minimum atomic E-state index is -0.456. The first kappa shape index (κ1) is 20.4. The number of amides is 1. The summed E-state index contributed by atoms with van der Waals surface area (Å²) in [6, 6.07) is 0.185. The maximum atomic E-state index is 11.9. The standard InChI is InChI=1S/C18H38N4O/c19-14-8-1-3-9-15(20)10-4-5-11-16(21)18(17(22)23)12-6-2-7-13-18/h15-16H,1-14,19-21H2,(H2,22,23). The molecule has 0 radical (unpaired) electrons. The molecule has 1 aliphatic carbocycles. The lowest BCUT2D eigenvalue weighted by atomic mass is 9.67. The van der Waals surface area contributed by atoms with E-state index in [1.54, 1.807) is 0 Å². The molecule has 1 aliphatic rings. The second kappa shape index (κ2) is 11.0. The van der Waals surface area contributed by atoms with Gasteiger partial charge in [0.1, 0.15) is 0 Å². The van der Waals surface area contributed by atoms with Crippen molar-refractivity contribution in [3.8, 4) is 0 Å². The van der Waals surface area contributed by atoms with Crippen molar-refractivity contribution in [2.24, 2.45) is 28.3 Å². The monoisotopic (exact) mass is 326 g/mol. The van der Waals surface area contributed by atoms with Gasteiger partial charge in [-0.25, -0.2) is 0 Å². The highest BCUT2D eigenvalue weighted by Gasteiger charge is 2.42. The van der Waals surface area contributed by atoms with E-state index in [1.807, 2.05) is 0 Å². The molecule has 0 aromatic heterocycles. The van der Waals surface area contributed by atoms with Crippen molar-refractivity contribution in [2.45, 2.75) is 95.6 Å². The molecule has 0 heterocycles. The third kappa shape index (κ3) is 6.77. The average Bonchev–Trinajstić information content (AvgIpc) is 2.55. The van der Waals surface area contributed by atoms with Crippen LogP contribution in [0.3, 0.4) is 0 Å². The summed E-state index contributed by atoms with van der Waals surface area (Å²) in [7, 11) is 0. The second-order valence-electron chi connectivity index (χ2n) is 7.37. The number of rotatable bonds is 12. The number of hydrogen-bond acceptors (Lipinski definition) is 4. The predicted octanol–water partition coefficient (Wildman–Crippen LogP) is 2.16. The number of nitrogens with two attached hydrogens (primary N) is 4. The summed E-state index contributed by atoms with van der Waals surface area (Å²) in [5, 5.41) is 0. The van der Waals surface area contributed by atoms with Gasteiger partial charge in [0, 0.05) is 12.1 Å². The summed E-state index contributed by atoms with van der Waals surface area (Å²) < 4.78 is 0. The molecule has 0 bridgehead atoms. The van der Waals surface area contributed by atoms with Crippen LogP contribution in [0.15, 0.2) is 0 Å². The van der Waals surface area contributed by atoms with E-state index in [9.17, 15) is 4.79 Å². The lowest BCUT2D eigenvalue weighted by Crippen LogP contribution is -2.51. The Morgan fingerprint density at radius 2 is 1.43 bits per heavy atom. The highest BCUT2D eigenvalue weighted by Crippen LogP contribution is 2.39. The largest absolute Gasteiger partial charge is 0.369 e. The molecule has 2 unspecified atom stereocenters. The van der Waals surface area contributed by atoms with Crippen molar-refractivity contribution in [2.75, 3.05) is 6.54 Å². The van der Waals surface area contributed by atoms with Crippen molar-refractivity contribution in [1.29, 1.82) is 0 Å². The maximum absolute atomic E-state index is 11.9. The topological polar surface area (TPSA) is 121 Å². The highest BCUT2D eigenvalue weighted by molar-refractivity contribution is 5.81. The molecule has 1 rings (SSSR count). The summed E-state index contributed by atoms with van der Waals surface area (Å²) in [6.07, 6.45) is 13.6. The van der Waals surface area contributed by atoms with E-state index in [1.165, 1.54) is 19.3 Å². The Morgan fingerprint density at radius 3 is 2.00 bits per heavy atom. The molecular weight excluding hydrogens is 288 g/mol. The van der Waals surface area contributed by atoms with Gasteiger partial charge in [-0.2, -0.15) is 0 Å². The van der Waals surface area contributed by atoms with Gasteiger partial charge in [-0.3, -0.25) is 4.79 Å². The second-order valence-corrected chi connectivity index (χ2v) is 7.37. The van der Waals surface area contributed by atoms with Crippen LogP contribution in [0.1, 0.15) is 83.5 Å².